The van der Waals surface area contributed by atoms with Gasteiger partial charge in [-0.2, -0.15) is 0 Å². The summed E-state index contributed by atoms with van der Waals surface area (Å²) in [6, 6.07) is 0.535. The highest BCUT2D eigenvalue weighted by Crippen LogP contribution is 2.14. The van der Waals surface area contributed by atoms with Crippen LogP contribution in [0.25, 0.3) is 0 Å². The Morgan fingerprint density at radius 2 is 2.26 bits per heavy atom. The number of aromatic nitrogens is 2. The van der Waals surface area contributed by atoms with E-state index in [4.69, 9.17) is 0 Å². The number of aromatic amines is 1. The average molecular weight is 286 g/mol. The Morgan fingerprint density at radius 3 is 2.84 bits per heavy atom. The van der Waals surface area contributed by atoms with Gasteiger partial charge < -0.3 is 10.3 Å². The predicted octanol–water partition coefficient (Wildman–Crippen LogP) is 0.639. The Morgan fingerprint density at radius 1 is 1.47 bits per heavy atom. The monoisotopic (exact) mass is 286 g/mol. The highest BCUT2D eigenvalue weighted by atomic mass is 32.2. The van der Waals surface area contributed by atoms with Gasteiger partial charge in [0.2, 0.25) is 0 Å². The zero-order valence-corrected chi connectivity index (χ0v) is 12.3. The van der Waals surface area contributed by atoms with Crippen LogP contribution >= 0.6 is 0 Å². The number of hydrogen-bond acceptors (Lipinski definition) is 4. The molecule has 1 aliphatic rings. The Kier molecular flexibility index (Phi) is 4.59. The van der Waals surface area contributed by atoms with Gasteiger partial charge in [0.15, 0.2) is 5.03 Å². The van der Waals surface area contributed by atoms with E-state index in [1.165, 1.54) is 6.20 Å². The maximum Gasteiger partial charge on any atom is 0.257 e. The predicted molar refractivity (Wildman–Crippen MR) is 73.3 cm³/mol. The molecule has 2 heterocycles. The fourth-order valence-electron chi connectivity index (χ4n) is 2.20. The molecule has 2 rings (SSSR count). The van der Waals surface area contributed by atoms with Gasteiger partial charge in [0.05, 0.1) is 6.20 Å². The number of rotatable bonds is 5. The third kappa shape index (κ3) is 3.77. The molecule has 2 unspecified atom stereocenters. The van der Waals surface area contributed by atoms with Gasteiger partial charge in [-0.3, -0.25) is 0 Å². The lowest BCUT2D eigenvalue weighted by Gasteiger charge is -2.27. The lowest BCUT2D eigenvalue weighted by atomic mass is 9.96. The van der Waals surface area contributed by atoms with Gasteiger partial charge in [-0.25, -0.2) is 18.1 Å². The van der Waals surface area contributed by atoms with Crippen molar-refractivity contribution in [2.75, 3.05) is 13.1 Å². The molecule has 1 saturated heterocycles. The fourth-order valence-corrected chi connectivity index (χ4v) is 3.25. The molecule has 0 radical (unpaired) electrons. The van der Waals surface area contributed by atoms with Crippen molar-refractivity contribution in [2.45, 2.75) is 44.2 Å². The van der Waals surface area contributed by atoms with Gasteiger partial charge in [-0.1, -0.05) is 6.92 Å². The molecule has 0 bridgehead atoms. The van der Waals surface area contributed by atoms with E-state index in [0.29, 0.717) is 30.7 Å². The third-order valence-electron chi connectivity index (χ3n) is 3.55. The number of imidazole rings is 1. The molecule has 6 nitrogen and oxygen atoms in total. The zero-order valence-electron chi connectivity index (χ0n) is 11.4. The van der Waals surface area contributed by atoms with Crippen molar-refractivity contribution < 1.29 is 8.42 Å². The average Bonchev–Trinajstić information content (AvgIpc) is 2.88. The molecule has 0 spiro atoms. The van der Waals surface area contributed by atoms with Crippen LogP contribution in [0, 0.1) is 5.92 Å². The molecule has 2 atom stereocenters. The smallest absolute Gasteiger partial charge is 0.257 e. The molecule has 0 saturated carbocycles. The normalized spacial score (nSPS) is 24.5. The Balaban J connectivity index is 1.90. The van der Waals surface area contributed by atoms with E-state index in [2.05, 4.69) is 26.9 Å². The summed E-state index contributed by atoms with van der Waals surface area (Å²) in [6.07, 6.45) is 4.22. The lowest BCUT2D eigenvalue weighted by Crippen LogP contribution is -2.41. The molecule has 1 aliphatic heterocycles. The highest BCUT2D eigenvalue weighted by molar-refractivity contribution is 7.89. The van der Waals surface area contributed by atoms with Crippen molar-refractivity contribution >= 4 is 10.0 Å². The lowest BCUT2D eigenvalue weighted by molar-refractivity contribution is 0.323. The molecule has 108 valence electrons. The highest BCUT2D eigenvalue weighted by Gasteiger charge is 2.22. The van der Waals surface area contributed by atoms with Crippen molar-refractivity contribution in [2.24, 2.45) is 5.92 Å². The van der Waals surface area contributed by atoms with Crippen LogP contribution in [0.1, 0.15) is 32.5 Å². The van der Waals surface area contributed by atoms with Crippen molar-refractivity contribution in [3.05, 3.63) is 12.0 Å². The number of nitrogens with one attached hydrogen (secondary N) is 3. The van der Waals surface area contributed by atoms with Crippen LogP contribution < -0.4 is 10.0 Å². The first kappa shape index (κ1) is 14.5. The molecule has 1 aromatic rings. The maximum atomic E-state index is 12.1. The molecule has 19 heavy (non-hydrogen) atoms. The van der Waals surface area contributed by atoms with Crippen LogP contribution in [0.5, 0.6) is 0 Å². The summed E-state index contributed by atoms with van der Waals surface area (Å²) in [5.41, 5.74) is 0. The van der Waals surface area contributed by atoms with Gasteiger partial charge in [-0.05, 0) is 32.2 Å². The molecule has 1 aromatic heterocycles. The molecular formula is C12H22N4O2S. The molecule has 7 heteroatoms. The van der Waals surface area contributed by atoms with Crippen molar-refractivity contribution in [1.82, 2.24) is 20.0 Å². The summed E-state index contributed by atoms with van der Waals surface area (Å²) in [5.74, 6) is 1.05. The first-order valence-electron chi connectivity index (χ1n) is 6.78. The van der Waals surface area contributed by atoms with E-state index in [-0.39, 0.29) is 5.03 Å². The number of aryl methyl sites for hydroxylation is 1. The van der Waals surface area contributed by atoms with Crippen LogP contribution in [-0.2, 0) is 16.4 Å². The van der Waals surface area contributed by atoms with E-state index in [1.807, 2.05) is 6.92 Å². The van der Waals surface area contributed by atoms with E-state index in [0.717, 1.165) is 19.4 Å². The standard InChI is InChI=1S/C12H22N4O2S/c1-3-11-14-8-12(16-11)19(17,18)15-7-10-5-4-9(2)13-6-10/h8-10,13,15H,3-7H2,1-2H3,(H,14,16). The maximum absolute atomic E-state index is 12.1. The van der Waals surface area contributed by atoms with Crippen LogP contribution in [0.3, 0.4) is 0 Å². The summed E-state index contributed by atoms with van der Waals surface area (Å²) in [5, 5.41) is 3.52. The molecule has 0 aromatic carbocycles. The van der Waals surface area contributed by atoms with Crippen LogP contribution in [0.2, 0.25) is 0 Å². The number of sulfonamides is 1. The largest absolute Gasteiger partial charge is 0.332 e. The van der Waals surface area contributed by atoms with Crippen LogP contribution in [0.4, 0.5) is 0 Å². The summed E-state index contributed by atoms with van der Waals surface area (Å²) < 4.78 is 26.8. The quantitative estimate of drug-likeness (QED) is 0.741. The second-order valence-corrected chi connectivity index (χ2v) is 6.89. The number of piperidine rings is 1. The summed E-state index contributed by atoms with van der Waals surface area (Å²) in [4.78, 5) is 6.84. The molecule has 3 N–H and O–H groups in total. The van der Waals surface area contributed by atoms with Crippen molar-refractivity contribution in [3.63, 3.8) is 0 Å². The second kappa shape index (κ2) is 6.02. The summed E-state index contributed by atoms with van der Waals surface area (Å²) >= 11 is 0. The number of H-pyrrole nitrogens is 1. The topological polar surface area (TPSA) is 86.9 Å². The third-order valence-corrected chi connectivity index (χ3v) is 4.89. The zero-order chi connectivity index (χ0) is 13.9. The van der Waals surface area contributed by atoms with E-state index in [9.17, 15) is 8.42 Å². The molecular weight excluding hydrogens is 264 g/mol. The first-order valence-corrected chi connectivity index (χ1v) is 8.26. The molecule has 1 fully saturated rings. The van der Waals surface area contributed by atoms with E-state index in [1.54, 1.807) is 0 Å². The van der Waals surface area contributed by atoms with Crippen LogP contribution in [0.15, 0.2) is 11.2 Å². The van der Waals surface area contributed by atoms with Crippen LogP contribution in [-0.4, -0.2) is 37.5 Å². The number of hydrogen-bond donors (Lipinski definition) is 3. The van der Waals surface area contributed by atoms with Crippen molar-refractivity contribution in [1.29, 1.82) is 0 Å². The van der Waals surface area contributed by atoms with Gasteiger partial charge in [0, 0.05) is 19.0 Å². The Bertz CT molecular complexity index is 504. The van der Waals surface area contributed by atoms with Gasteiger partial charge in [-0.15, -0.1) is 0 Å². The second-order valence-electron chi connectivity index (χ2n) is 5.15. The minimum atomic E-state index is -3.46. The Labute approximate surface area is 114 Å². The molecule has 0 aliphatic carbocycles. The molecule has 0 amide bonds. The van der Waals surface area contributed by atoms with Gasteiger partial charge in [0.25, 0.3) is 10.0 Å². The van der Waals surface area contributed by atoms with Gasteiger partial charge >= 0.3 is 0 Å². The first-order chi connectivity index (χ1) is 9.01. The number of nitrogens with zero attached hydrogens (tertiary/aromatic N) is 1. The van der Waals surface area contributed by atoms with E-state index >= 15 is 0 Å². The minimum Gasteiger partial charge on any atom is -0.332 e. The fraction of sp³-hybridized carbons (Fsp3) is 0.750. The van der Waals surface area contributed by atoms with E-state index < -0.39 is 10.0 Å². The summed E-state index contributed by atoms with van der Waals surface area (Å²) in [7, 11) is -3.46. The minimum absolute atomic E-state index is 0.154. The summed E-state index contributed by atoms with van der Waals surface area (Å²) in [6.45, 7) is 5.42. The Hall–Kier alpha value is -0.920. The SMILES string of the molecule is CCc1ncc(S(=O)(=O)NCC2CCC(C)NC2)[nH]1. The van der Waals surface area contributed by atoms with Crippen molar-refractivity contribution in [3.8, 4) is 0 Å². The van der Waals surface area contributed by atoms with Gasteiger partial charge in [0.1, 0.15) is 5.82 Å².